The molecule has 0 spiro atoms. The van der Waals surface area contributed by atoms with Gasteiger partial charge in [0, 0.05) is 19.5 Å². The van der Waals surface area contributed by atoms with E-state index in [9.17, 15) is 9.59 Å². The standard InChI is InChI=1S/C19H29N3O3/c1-14(2)25-17-9-6-5-8-16(17)20-19(24)15-12-18(23)22(13-15)11-7-10-21(3)4/h5-6,8-9,14-15H,7,10-13H2,1-4H3,(H,20,24). The molecular weight excluding hydrogens is 318 g/mol. The minimum Gasteiger partial charge on any atom is -0.489 e. The molecule has 0 saturated carbocycles. The molecule has 6 nitrogen and oxygen atoms in total. The SMILES string of the molecule is CC(C)Oc1ccccc1NC(=O)C1CC(=O)N(CCCN(C)C)C1. The second kappa shape index (κ2) is 8.85. The molecule has 2 rings (SSSR count). The topological polar surface area (TPSA) is 61.9 Å². The summed E-state index contributed by atoms with van der Waals surface area (Å²) in [7, 11) is 4.03. The largest absolute Gasteiger partial charge is 0.489 e. The van der Waals surface area contributed by atoms with E-state index in [1.165, 1.54) is 0 Å². The lowest BCUT2D eigenvalue weighted by atomic mass is 10.1. The zero-order chi connectivity index (χ0) is 18.4. The molecule has 1 N–H and O–H groups in total. The number of nitrogens with one attached hydrogen (secondary N) is 1. The van der Waals surface area contributed by atoms with Crippen LogP contribution in [0.2, 0.25) is 0 Å². The molecule has 0 aromatic heterocycles. The summed E-state index contributed by atoms with van der Waals surface area (Å²) in [4.78, 5) is 28.6. The van der Waals surface area contributed by atoms with Crippen LogP contribution in [0.15, 0.2) is 24.3 Å². The van der Waals surface area contributed by atoms with E-state index in [1.54, 1.807) is 4.90 Å². The molecule has 0 aliphatic carbocycles. The molecule has 1 aliphatic heterocycles. The summed E-state index contributed by atoms with van der Waals surface area (Å²) >= 11 is 0. The van der Waals surface area contributed by atoms with Crippen LogP contribution in [-0.4, -0.2) is 61.4 Å². The zero-order valence-electron chi connectivity index (χ0n) is 15.6. The monoisotopic (exact) mass is 347 g/mol. The highest BCUT2D eigenvalue weighted by Gasteiger charge is 2.34. The molecule has 1 fully saturated rings. The number of carbonyl (C=O) groups is 2. The van der Waals surface area contributed by atoms with Gasteiger partial charge in [0.25, 0.3) is 0 Å². The normalized spacial score (nSPS) is 17.4. The van der Waals surface area contributed by atoms with Crippen LogP contribution in [0.25, 0.3) is 0 Å². The lowest BCUT2D eigenvalue weighted by Gasteiger charge is -2.18. The fourth-order valence-corrected chi connectivity index (χ4v) is 2.90. The molecular formula is C19H29N3O3. The number of para-hydroxylation sites is 2. The van der Waals surface area contributed by atoms with Crippen LogP contribution in [0.5, 0.6) is 5.75 Å². The molecule has 0 radical (unpaired) electrons. The van der Waals surface area contributed by atoms with Gasteiger partial charge in [-0.1, -0.05) is 12.1 Å². The number of carbonyl (C=O) groups excluding carboxylic acids is 2. The highest BCUT2D eigenvalue weighted by molar-refractivity contribution is 5.98. The molecule has 1 heterocycles. The zero-order valence-corrected chi connectivity index (χ0v) is 15.6. The van der Waals surface area contributed by atoms with Crippen molar-refractivity contribution in [1.29, 1.82) is 0 Å². The van der Waals surface area contributed by atoms with Crippen LogP contribution in [0.3, 0.4) is 0 Å². The molecule has 1 aliphatic rings. The third-order valence-corrected chi connectivity index (χ3v) is 4.13. The van der Waals surface area contributed by atoms with Crippen molar-refractivity contribution in [3.63, 3.8) is 0 Å². The summed E-state index contributed by atoms with van der Waals surface area (Å²) in [6.07, 6.45) is 1.22. The Bertz CT molecular complexity index is 601. The van der Waals surface area contributed by atoms with Crippen LogP contribution in [-0.2, 0) is 9.59 Å². The van der Waals surface area contributed by atoms with Gasteiger partial charge >= 0.3 is 0 Å². The van der Waals surface area contributed by atoms with E-state index in [-0.39, 0.29) is 30.3 Å². The first-order valence-electron chi connectivity index (χ1n) is 8.86. The fraction of sp³-hybridized carbons (Fsp3) is 0.579. The first-order valence-corrected chi connectivity index (χ1v) is 8.86. The third kappa shape index (κ3) is 5.74. The number of rotatable bonds is 8. The van der Waals surface area contributed by atoms with Gasteiger partial charge in [0.15, 0.2) is 0 Å². The Kier molecular flexibility index (Phi) is 6.82. The van der Waals surface area contributed by atoms with E-state index in [1.807, 2.05) is 52.2 Å². The van der Waals surface area contributed by atoms with Gasteiger partial charge in [-0.25, -0.2) is 0 Å². The van der Waals surface area contributed by atoms with E-state index in [0.29, 0.717) is 24.5 Å². The Balaban J connectivity index is 1.93. The first kappa shape index (κ1) is 19.2. The van der Waals surface area contributed by atoms with Crippen LogP contribution >= 0.6 is 0 Å². The molecule has 1 aromatic carbocycles. The smallest absolute Gasteiger partial charge is 0.229 e. The number of likely N-dealkylation sites (tertiary alicyclic amines) is 1. The molecule has 6 heteroatoms. The minimum atomic E-state index is -0.307. The number of hydrogen-bond acceptors (Lipinski definition) is 4. The van der Waals surface area contributed by atoms with Gasteiger partial charge in [-0.05, 0) is 53.0 Å². The highest BCUT2D eigenvalue weighted by Crippen LogP contribution is 2.27. The maximum atomic E-state index is 12.6. The lowest BCUT2D eigenvalue weighted by Crippen LogP contribution is -2.30. The summed E-state index contributed by atoms with van der Waals surface area (Å²) in [6, 6.07) is 7.39. The maximum absolute atomic E-state index is 12.6. The molecule has 1 saturated heterocycles. The Morgan fingerprint density at radius 1 is 1.36 bits per heavy atom. The number of ether oxygens (including phenoxy) is 1. The van der Waals surface area contributed by atoms with Crippen LogP contribution in [0.1, 0.15) is 26.7 Å². The Labute approximate surface area is 150 Å². The van der Waals surface area contributed by atoms with Gasteiger partial charge in [-0.3, -0.25) is 9.59 Å². The molecule has 25 heavy (non-hydrogen) atoms. The quantitative estimate of drug-likeness (QED) is 0.783. The van der Waals surface area contributed by atoms with Gasteiger partial charge in [0.2, 0.25) is 11.8 Å². The van der Waals surface area contributed by atoms with E-state index in [2.05, 4.69) is 10.2 Å². The van der Waals surface area contributed by atoms with E-state index in [4.69, 9.17) is 4.74 Å². The summed E-state index contributed by atoms with van der Waals surface area (Å²) in [6.45, 7) is 6.01. The van der Waals surface area contributed by atoms with Crippen molar-refractivity contribution in [3.8, 4) is 5.75 Å². The Hall–Kier alpha value is -2.08. The Morgan fingerprint density at radius 3 is 2.76 bits per heavy atom. The predicted octanol–water partition coefficient (Wildman–Crippen LogP) is 2.21. The second-order valence-electron chi connectivity index (χ2n) is 7.05. The second-order valence-corrected chi connectivity index (χ2v) is 7.05. The van der Waals surface area contributed by atoms with Crippen molar-refractivity contribution in [2.24, 2.45) is 5.92 Å². The summed E-state index contributed by atoms with van der Waals surface area (Å²) in [5.74, 6) is 0.283. The number of anilines is 1. The average molecular weight is 347 g/mol. The maximum Gasteiger partial charge on any atom is 0.229 e. The van der Waals surface area contributed by atoms with Gasteiger partial charge in [-0.2, -0.15) is 0 Å². The van der Waals surface area contributed by atoms with Crippen molar-refractivity contribution < 1.29 is 14.3 Å². The molecule has 138 valence electrons. The van der Waals surface area contributed by atoms with Crippen LogP contribution < -0.4 is 10.1 Å². The molecule has 1 aromatic rings. The molecule has 2 amide bonds. The van der Waals surface area contributed by atoms with Crippen molar-refractivity contribution in [3.05, 3.63) is 24.3 Å². The van der Waals surface area contributed by atoms with E-state index >= 15 is 0 Å². The molecule has 0 bridgehead atoms. The average Bonchev–Trinajstić information content (AvgIpc) is 2.90. The highest BCUT2D eigenvalue weighted by atomic mass is 16.5. The molecule has 1 unspecified atom stereocenters. The van der Waals surface area contributed by atoms with E-state index < -0.39 is 0 Å². The number of amides is 2. The summed E-state index contributed by atoms with van der Waals surface area (Å²) in [5, 5.41) is 2.92. The van der Waals surface area contributed by atoms with Gasteiger partial charge in [0.1, 0.15) is 5.75 Å². The van der Waals surface area contributed by atoms with Crippen molar-refractivity contribution >= 4 is 17.5 Å². The summed E-state index contributed by atoms with van der Waals surface area (Å²) in [5.41, 5.74) is 0.653. The lowest BCUT2D eigenvalue weighted by molar-refractivity contribution is -0.128. The number of hydrogen-bond donors (Lipinski definition) is 1. The first-order chi connectivity index (χ1) is 11.9. The van der Waals surface area contributed by atoms with Crippen molar-refractivity contribution in [2.75, 3.05) is 39.0 Å². The van der Waals surface area contributed by atoms with Gasteiger partial charge in [-0.15, -0.1) is 0 Å². The van der Waals surface area contributed by atoms with Crippen LogP contribution in [0.4, 0.5) is 5.69 Å². The number of benzene rings is 1. The Morgan fingerprint density at radius 2 is 2.08 bits per heavy atom. The summed E-state index contributed by atoms with van der Waals surface area (Å²) < 4.78 is 5.73. The number of nitrogens with zero attached hydrogens (tertiary/aromatic N) is 2. The fourth-order valence-electron chi connectivity index (χ4n) is 2.90. The van der Waals surface area contributed by atoms with Gasteiger partial charge in [0.05, 0.1) is 17.7 Å². The van der Waals surface area contributed by atoms with E-state index in [0.717, 1.165) is 13.0 Å². The predicted molar refractivity (Wildman–Crippen MR) is 98.7 cm³/mol. The minimum absolute atomic E-state index is 0.0262. The van der Waals surface area contributed by atoms with Gasteiger partial charge < -0.3 is 19.9 Å². The third-order valence-electron chi connectivity index (χ3n) is 4.13. The van der Waals surface area contributed by atoms with Crippen molar-refractivity contribution in [1.82, 2.24) is 9.80 Å². The van der Waals surface area contributed by atoms with Crippen LogP contribution in [0, 0.1) is 5.92 Å². The molecule has 1 atom stereocenters. The van der Waals surface area contributed by atoms with Crippen molar-refractivity contribution in [2.45, 2.75) is 32.8 Å².